The molecule has 0 spiro atoms. The highest BCUT2D eigenvalue weighted by Crippen LogP contribution is 2.28. The summed E-state index contributed by atoms with van der Waals surface area (Å²) in [6.45, 7) is 2.87. The molecule has 0 aliphatic carbocycles. The average molecular weight is 426 g/mol. The summed E-state index contributed by atoms with van der Waals surface area (Å²) in [5.41, 5.74) is 1.75. The SMILES string of the molecule is O=C(COc1ccc(Br)cc1Cl)Nc1ccccc1N1CCOCC1. The van der Waals surface area contributed by atoms with Crippen molar-refractivity contribution in [1.29, 1.82) is 0 Å². The Morgan fingerprint density at radius 1 is 1.24 bits per heavy atom. The van der Waals surface area contributed by atoms with E-state index in [0.29, 0.717) is 24.0 Å². The van der Waals surface area contributed by atoms with E-state index in [2.05, 4.69) is 26.1 Å². The normalized spacial score (nSPS) is 14.2. The molecule has 2 aromatic carbocycles. The Morgan fingerprint density at radius 3 is 2.76 bits per heavy atom. The van der Waals surface area contributed by atoms with E-state index in [4.69, 9.17) is 21.1 Å². The maximum atomic E-state index is 12.3. The third-order valence-electron chi connectivity index (χ3n) is 3.78. The number of nitrogens with one attached hydrogen (secondary N) is 1. The van der Waals surface area contributed by atoms with Crippen LogP contribution >= 0.6 is 27.5 Å². The number of carbonyl (C=O) groups excluding carboxylic acids is 1. The summed E-state index contributed by atoms with van der Waals surface area (Å²) in [6, 6.07) is 13.0. The van der Waals surface area contributed by atoms with Gasteiger partial charge in [-0.2, -0.15) is 0 Å². The number of ether oxygens (including phenoxy) is 2. The Hall–Kier alpha value is -1.76. The van der Waals surface area contributed by atoms with Crippen molar-refractivity contribution in [2.45, 2.75) is 0 Å². The third kappa shape index (κ3) is 4.87. The summed E-state index contributed by atoms with van der Waals surface area (Å²) in [7, 11) is 0. The zero-order valence-electron chi connectivity index (χ0n) is 13.5. The van der Waals surface area contributed by atoms with Gasteiger partial charge in [0.15, 0.2) is 6.61 Å². The molecule has 25 heavy (non-hydrogen) atoms. The zero-order chi connectivity index (χ0) is 17.6. The summed E-state index contributed by atoms with van der Waals surface area (Å²) < 4.78 is 11.8. The smallest absolute Gasteiger partial charge is 0.262 e. The number of hydrogen-bond acceptors (Lipinski definition) is 4. The maximum Gasteiger partial charge on any atom is 0.262 e. The number of benzene rings is 2. The van der Waals surface area contributed by atoms with Crippen molar-refractivity contribution < 1.29 is 14.3 Å². The van der Waals surface area contributed by atoms with E-state index in [1.807, 2.05) is 30.3 Å². The van der Waals surface area contributed by atoms with Crippen molar-refractivity contribution in [3.05, 3.63) is 52.0 Å². The van der Waals surface area contributed by atoms with Gasteiger partial charge in [-0.05, 0) is 30.3 Å². The van der Waals surface area contributed by atoms with Gasteiger partial charge >= 0.3 is 0 Å². The van der Waals surface area contributed by atoms with Crippen molar-refractivity contribution in [3.63, 3.8) is 0 Å². The summed E-state index contributed by atoms with van der Waals surface area (Å²) >= 11 is 9.43. The van der Waals surface area contributed by atoms with Crippen LogP contribution in [-0.2, 0) is 9.53 Å². The van der Waals surface area contributed by atoms with Crippen molar-refractivity contribution in [3.8, 4) is 5.75 Å². The molecule has 2 aromatic rings. The van der Waals surface area contributed by atoms with Gasteiger partial charge in [-0.3, -0.25) is 4.79 Å². The molecule has 5 nitrogen and oxygen atoms in total. The predicted octanol–water partition coefficient (Wildman–Crippen LogP) is 3.96. The molecule has 0 atom stereocenters. The Morgan fingerprint density at radius 2 is 2.00 bits per heavy atom. The highest BCUT2D eigenvalue weighted by Gasteiger charge is 2.16. The molecule has 1 saturated heterocycles. The molecule has 1 aliphatic rings. The quantitative estimate of drug-likeness (QED) is 0.788. The highest BCUT2D eigenvalue weighted by atomic mass is 79.9. The first-order valence-electron chi connectivity index (χ1n) is 7.93. The van der Waals surface area contributed by atoms with E-state index in [9.17, 15) is 4.79 Å². The van der Waals surface area contributed by atoms with Gasteiger partial charge in [0.25, 0.3) is 5.91 Å². The standard InChI is InChI=1S/C18H18BrClN2O3/c19-13-5-6-17(14(20)11-13)25-12-18(23)21-15-3-1-2-4-16(15)22-7-9-24-10-8-22/h1-6,11H,7-10,12H2,(H,21,23). The van der Waals surface area contributed by atoms with Gasteiger partial charge in [0, 0.05) is 17.6 Å². The number of carbonyl (C=O) groups is 1. The fourth-order valence-electron chi connectivity index (χ4n) is 2.58. The van der Waals surface area contributed by atoms with Gasteiger partial charge in [-0.25, -0.2) is 0 Å². The van der Waals surface area contributed by atoms with Gasteiger partial charge in [0.1, 0.15) is 5.75 Å². The lowest BCUT2D eigenvalue weighted by atomic mass is 10.2. The number of amides is 1. The minimum atomic E-state index is -0.236. The van der Waals surface area contributed by atoms with E-state index < -0.39 is 0 Å². The molecule has 7 heteroatoms. The minimum Gasteiger partial charge on any atom is -0.482 e. The lowest BCUT2D eigenvalue weighted by molar-refractivity contribution is -0.118. The molecule has 0 radical (unpaired) electrons. The molecule has 0 unspecified atom stereocenters. The first kappa shape index (κ1) is 18.0. The van der Waals surface area contributed by atoms with Gasteiger partial charge < -0.3 is 19.7 Å². The van der Waals surface area contributed by atoms with Crippen LogP contribution < -0.4 is 15.0 Å². The molecule has 1 N–H and O–H groups in total. The Labute approximate surface area is 160 Å². The monoisotopic (exact) mass is 424 g/mol. The summed E-state index contributed by atoms with van der Waals surface area (Å²) in [6.07, 6.45) is 0. The predicted molar refractivity (Wildman–Crippen MR) is 103 cm³/mol. The Kier molecular flexibility index (Phi) is 6.18. The van der Waals surface area contributed by atoms with Crippen molar-refractivity contribution >= 4 is 44.8 Å². The van der Waals surface area contributed by atoms with Crippen LogP contribution in [0.15, 0.2) is 46.9 Å². The van der Waals surface area contributed by atoms with Crippen molar-refractivity contribution in [1.82, 2.24) is 0 Å². The molecule has 0 bridgehead atoms. The van der Waals surface area contributed by atoms with E-state index in [-0.39, 0.29) is 12.5 Å². The maximum absolute atomic E-state index is 12.3. The van der Waals surface area contributed by atoms with Gasteiger partial charge in [0.05, 0.1) is 29.6 Å². The lowest BCUT2D eigenvalue weighted by Crippen LogP contribution is -2.37. The molecule has 0 saturated carbocycles. The van der Waals surface area contributed by atoms with Gasteiger partial charge in [0.2, 0.25) is 0 Å². The number of hydrogen-bond donors (Lipinski definition) is 1. The van der Waals surface area contributed by atoms with E-state index in [1.54, 1.807) is 12.1 Å². The van der Waals surface area contributed by atoms with Crippen LogP contribution in [0.5, 0.6) is 5.75 Å². The number of nitrogens with zero attached hydrogens (tertiary/aromatic N) is 1. The molecule has 132 valence electrons. The summed E-state index contributed by atoms with van der Waals surface area (Å²) in [4.78, 5) is 14.5. The topological polar surface area (TPSA) is 50.8 Å². The first-order chi connectivity index (χ1) is 12.1. The van der Waals surface area contributed by atoms with E-state index >= 15 is 0 Å². The second-order valence-corrected chi connectivity index (χ2v) is 6.85. The lowest BCUT2D eigenvalue weighted by Gasteiger charge is -2.30. The third-order valence-corrected chi connectivity index (χ3v) is 4.57. The first-order valence-corrected chi connectivity index (χ1v) is 9.10. The number of morpholine rings is 1. The fourth-order valence-corrected chi connectivity index (χ4v) is 3.31. The van der Waals surface area contributed by atoms with Crippen molar-refractivity contribution in [2.24, 2.45) is 0 Å². The van der Waals surface area contributed by atoms with Crippen LogP contribution in [0.25, 0.3) is 0 Å². The van der Waals surface area contributed by atoms with Gasteiger partial charge in [-0.15, -0.1) is 0 Å². The molecule has 3 rings (SSSR count). The summed E-state index contributed by atoms with van der Waals surface area (Å²) in [5, 5.41) is 3.36. The van der Waals surface area contributed by atoms with Crippen LogP contribution in [-0.4, -0.2) is 38.8 Å². The van der Waals surface area contributed by atoms with E-state index in [1.165, 1.54) is 0 Å². The van der Waals surface area contributed by atoms with Gasteiger partial charge in [-0.1, -0.05) is 39.7 Å². The molecular formula is C18H18BrClN2O3. The number of anilines is 2. The van der Waals surface area contributed by atoms with Crippen LogP contribution in [0, 0.1) is 0 Å². The number of para-hydroxylation sites is 2. The molecule has 1 amide bonds. The largest absolute Gasteiger partial charge is 0.482 e. The molecule has 0 aromatic heterocycles. The van der Waals surface area contributed by atoms with E-state index in [0.717, 1.165) is 28.9 Å². The zero-order valence-corrected chi connectivity index (χ0v) is 15.8. The Balaban J connectivity index is 1.63. The van der Waals surface area contributed by atoms with Crippen LogP contribution in [0.2, 0.25) is 5.02 Å². The van der Waals surface area contributed by atoms with Crippen molar-refractivity contribution in [2.75, 3.05) is 43.1 Å². The van der Waals surface area contributed by atoms with Crippen LogP contribution in [0.1, 0.15) is 0 Å². The number of rotatable bonds is 5. The highest BCUT2D eigenvalue weighted by molar-refractivity contribution is 9.10. The molecule has 1 heterocycles. The van der Waals surface area contributed by atoms with Crippen LogP contribution in [0.4, 0.5) is 11.4 Å². The molecule has 1 fully saturated rings. The average Bonchev–Trinajstić information content (AvgIpc) is 2.62. The Bertz CT molecular complexity index is 751. The molecular weight excluding hydrogens is 408 g/mol. The second kappa shape index (κ2) is 8.56. The molecule has 1 aliphatic heterocycles. The minimum absolute atomic E-state index is 0.112. The number of halogens is 2. The second-order valence-electron chi connectivity index (χ2n) is 5.53. The van der Waals surface area contributed by atoms with Crippen LogP contribution in [0.3, 0.4) is 0 Å². The summed E-state index contributed by atoms with van der Waals surface area (Å²) in [5.74, 6) is 0.237. The fraction of sp³-hybridized carbons (Fsp3) is 0.278.